The molecule has 0 aliphatic carbocycles. The first-order valence-electron chi connectivity index (χ1n) is 2.41. The molecule has 4 heteroatoms. The third-order valence-electron chi connectivity index (χ3n) is 0.840. The zero-order valence-corrected chi connectivity index (χ0v) is 5.35. The highest BCUT2D eigenvalue weighted by Crippen LogP contribution is 2.11. The number of ether oxygens (including phenoxy) is 2. The second-order valence-corrected chi connectivity index (χ2v) is 1.97. The second-order valence-electron chi connectivity index (χ2n) is 1.54. The van der Waals surface area contributed by atoms with Crippen molar-refractivity contribution in [2.45, 2.75) is 6.42 Å². The van der Waals surface area contributed by atoms with Crippen LogP contribution in [0.5, 0.6) is 0 Å². The molecule has 0 radical (unpaired) electrons. The van der Waals surface area contributed by atoms with Gasteiger partial charge in [-0.2, -0.15) is 0 Å². The van der Waals surface area contributed by atoms with E-state index in [1.807, 2.05) is 0 Å². The predicted molar refractivity (Wildman–Crippen MR) is 30.6 cm³/mol. The smallest absolute Gasteiger partial charge is 0.229 e. The summed E-state index contributed by atoms with van der Waals surface area (Å²) in [6.07, 6.45) is 1.50. The highest BCUT2D eigenvalue weighted by Gasteiger charge is 2.08. The first-order chi connectivity index (χ1) is 4.29. The fraction of sp³-hybridized carbons (Fsp3) is 0.400. The lowest BCUT2D eigenvalue weighted by Gasteiger charge is -1.93. The Kier molecular flexibility index (Phi) is 1.95. The van der Waals surface area contributed by atoms with E-state index in [0.29, 0.717) is 5.76 Å². The van der Waals surface area contributed by atoms with Crippen LogP contribution < -0.4 is 0 Å². The van der Waals surface area contributed by atoms with Gasteiger partial charge in [-0.05, 0) is 11.6 Å². The maximum Gasteiger partial charge on any atom is 0.229 e. The lowest BCUT2D eigenvalue weighted by Crippen LogP contribution is -1.91. The molecular weight excluding hydrogens is 144 g/mol. The van der Waals surface area contributed by atoms with Crippen LogP contribution in [-0.2, 0) is 14.3 Å². The van der Waals surface area contributed by atoms with E-state index in [0.717, 1.165) is 0 Å². The van der Waals surface area contributed by atoms with Crippen molar-refractivity contribution in [1.82, 2.24) is 0 Å². The molecule has 0 aromatic rings. The number of hydrogen-bond acceptors (Lipinski definition) is 3. The lowest BCUT2D eigenvalue weighted by atomic mass is 10.4. The van der Waals surface area contributed by atoms with Crippen molar-refractivity contribution in [2.75, 3.05) is 6.79 Å². The van der Waals surface area contributed by atoms with Crippen LogP contribution in [0, 0.1) is 0 Å². The maximum atomic E-state index is 10.2. The van der Waals surface area contributed by atoms with Crippen LogP contribution in [-0.4, -0.2) is 12.0 Å². The second kappa shape index (κ2) is 2.73. The summed E-state index contributed by atoms with van der Waals surface area (Å²) >= 11 is 5.04. The van der Waals surface area contributed by atoms with Crippen LogP contribution in [0.4, 0.5) is 0 Å². The summed E-state index contributed by atoms with van der Waals surface area (Å²) in [6.45, 7) is 0.194. The number of carbonyl (C=O) groups is 1. The minimum Gasteiger partial charge on any atom is -0.462 e. The van der Waals surface area contributed by atoms with E-state index in [4.69, 9.17) is 16.3 Å². The zero-order valence-electron chi connectivity index (χ0n) is 4.59. The Bertz CT molecular complexity index is 152. The molecule has 0 amide bonds. The fourth-order valence-electron chi connectivity index (χ4n) is 0.500. The molecule has 9 heavy (non-hydrogen) atoms. The number of carbonyl (C=O) groups excluding carboxylic acids is 1. The number of rotatable bonds is 2. The van der Waals surface area contributed by atoms with Gasteiger partial charge < -0.3 is 9.47 Å². The van der Waals surface area contributed by atoms with Gasteiger partial charge in [0.25, 0.3) is 0 Å². The van der Waals surface area contributed by atoms with E-state index in [9.17, 15) is 4.79 Å². The molecular formula is C5H5ClO3. The van der Waals surface area contributed by atoms with E-state index in [-0.39, 0.29) is 13.2 Å². The Labute approximate surface area is 57.2 Å². The van der Waals surface area contributed by atoms with Crippen LogP contribution >= 0.6 is 11.6 Å². The largest absolute Gasteiger partial charge is 0.462 e. The Morgan fingerprint density at radius 3 is 3.11 bits per heavy atom. The van der Waals surface area contributed by atoms with E-state index < -0.39 is 5.24 Å². The normalized spacial score (nSPS) is 15.9. The van der Waals surface area contributed by atoms with Gasteiger partial charge in [-0.1, -0.05) is 0 Å². The average molecular weight is 149 g/mol. The third-order valence-corrected chi connectivity index (χ3v) is 0.974. The van der Waals surface area contributed by atoms with Gasteiger partial charge in [0.1, 0.15) is 12.0 Å². The highest BCUT2D eigenvalue weighted by atomic mass is 35.5. The molecule has 0 aromatic carbocycles. The molecule has 1 aliphatic heterocycles. The zero-order chi connectivity index (χ0) is 6.69. The summed E-state index contributed by atoms with van der Waals surface area (Å²) < 4.78 is 9.46. The van der Waals surface area contributed by atoms with Crippen molar-refractivity contribution in [2.24, 2.45) is 0 Å². The molecule has 50 valence electrons. The van der Waals surface area contributed by atoms with Gasteiger partial charge in [-0.15, -0.1) is 0 Å². The molecule has 0 bridgehead atoms. The SMILES string of the molecule is O=C(Cl)CC1=COCO1. The van der Waals surface area contributed by atoms with Gasteiger partial charge >= 0.3 is 0 Å². The van der Waals surface area contributed by atoms with Gasteiger partial charge in [0, 0.05) is 0 Å². The Morgan fingerprint density at radius 2 is 2.67 bits per heavy atom. The Balaban J connectivity index is 2.35. The predicted octanol–water partition coefficient (Wildman–Crippen LogP) is 0.988. The molecule has 0 atom stereocenters. The van der Waals surface area contributed by atoms with Crippen LogP contribution in [0.2, 0.25) is 0 Å². The molecule has 1 rings (SSSR count). The van der Waals surface area contributed by atoms with E-state index in [1.165, 1.54) is 6.26 Å². The van der Waals surface area contributed by atoms with E-state index in [2.05, 4.69) is 4.74 Å². The van der Waals surface area contributed by atoms with Crippen LogP contribution in [0.3, 0.4) is 0 Å². The number of halogens is 1. The van der Waals surface area contributed by atoms with Gasteiger partial charge in [0.2, 0.25) is 12.0 Å². The molecule has 0 saturated heterocycles. The lowest BCUT2D eigenvalue weighted by molar-refractivity contribution is -0.111. The first kappa shape index (κ1) is 6.42. The minimum atomic E-state index is -0.438. The van der Waals surface area contributed by atoms with Crippen molar-refractivity contribution in [3.63, 3.8) is 0 Å². The van der Waals surface area contributed by atoms with Gasteiger partial charge in [-0.3, -0.25) is 4.79 Å². The molecule has 0 fully saturated rings. The fourth-order valence-corrected chi connectivity index (χ4v) is 0.632. The summed E-state index contributed by atoms with van der Waals surface area (Å²) in [6, 6.07) is 0. The molecule has 0 aromatic heterocycles. The Morgan fingerprint density at radius 1 is 1.89 bits per heavy atom. The minimum absolute atomic E-state index is 0.113. The van der Waals surface area contributed by atoms with Gasteiger partial charge in [0.15, 0.2) is 0 Å². The highest BCUT2D eigenvalue weighted by molar-refractivity contribution is 6.63. The first-order valence-corrected chi connectivity index (χ1v) is 2.78. The van der Waals surface area contributed by atoms with Crippen LogP contribution in [0.1, 0.15) is 6.42 Å². The van der Waals surface area contributed by atoms with Crippen molar-refractivity contribution in [3.8, 4) is 0 Å². The molecule has 0 unspecified atom stereocenters. The van der Waals surface area contributed by atoms with Crippen molar-refractivity contribution >= 4 is 16.8 Å². The summed E-state index contributed by atoms with van der Waals surface area (Å²) in [5.41, 5.74) is 0. The molecule has 3 nitrogen and oxygen atoms in total. The van der Waals surface area contributed by atoms with Crippen molar-refractivity contribution in [1.29, 1.82) is 0 Å². The molecule has 1 aliphatic rings. The topological polar surface area (TPSA) is 35.5 Å². The third kappa shape index (κ3) is 1.93. The summed E-state index contributed by atoms with van der Waals surface area (Å²) in [7, 11) is 0. The van der Waals surface area contributed by atoms with E-state index in [1.54, 1.807) is 0 Å². The Hall–Kier alpha value is -0.700. The van der Waals surface area contributed by atoms with E-state index >= 15 is 0 Å². The summed E-state index contributed by atoms with van der Waals surface area (Å²) in [4.78, 5) is 10.2. The standard InChI is InChI=1S/C5H5ClO3/c6-5(7)1-4-2-8-3-9-4/h2H,1,3H2. The van der Waals surface area contributed by atoms with Crippen molar-refractivity contribution < 1.29 is 14.3 Å². The molecule has 0 N–H and O–H groups in total. The molecule has 0 spiro atoms. The van der Waals surface area contributed by atoms with Crippen LogP contribution in [0.25, 0.3) is 0 Å². The van der Waals surface area contributed by atoms with Crippen LogP contribution in [0.15, 0.2) is 12.0 Å². The van der Waals surface area contributed by atoms with Gasteiger partial charge in [0.05, 0.1) is 6.42 Å². The quantitative estimate of drug-likeness (QED) is 0.548. The monoisotopic (exact) mass is 148 g/mol. The summed E-state index contributed by atoms with van der Waals surface area (Å²) in [5, 5.41) is -0.438. The van der Waals surface area contributed by atoms with Gasteiger partial charge in [-0.25, -0.2) is 0 Å². The number of hydrogen-bond donors (Lipinski definition) is 0. The van der Waals surface area contributed by atoms with Crippen molar-refractivity contribution in [3.05, 3.63) is 12.0 Å². The molecule has 0 saturated carbocycles. The maximum absolute atomic E-state index is 10.2. The molecule has 1 heterocycles. The summed E-state index contributed by atoms with van der Waals surface area (Å²) in [5.74, 6) is 0.495. The average Bonchev–Trinajstić information content (AvgIpc) is 2.15. The number of allylic oxidation sites excluding steroid dienone is 1.